The van der Waals surface area contributed by atoms with Gasteiger partial charge in [-0.25, -0.2) is 9.97 Å². The Morgan fingerprint density at radius 1 is 0.750 bits per heavy atom. The second kappa shape index (κ2) is 11.8. The lowest BCUT2D eigenvalue weighted by atomic mass is 10.1. The first kappa shape index (κ1) is 24.8. The predicted molar refractivity (Wildman–Crippen MR) is 132 cm³/mol. The number of nitrogens with zero attached hydrogens (tertiary/aromatic N) is 5. The molecule has 0 spiro atoms. The lowest BCUT2D eigenvalue weighted by Crippen LogP contribution is -2.30. The minimum atomic E-state index is 0. The molecule has 7 heteroatoms. The Morgan fingerprint density at radius 3 is 2.09 bits per heavy atom. The van der Waals surface area contributed by atoms with E-state index in [0.29, 0.717) is 11.8 Å². The molecule has 0 atom stereocenters. The van der Waals surface area contributed by atoms with Gasteiger partial charge in [-0.15, -0.1) is 10.2 Å². The van der Waals surface area contributed by atoms with Gasteiger partial charge >= 0.3 is 0 Å². The van der Waals surface area contributed by atoms with E-state index in [2.05, 4.69) is 31.1 Å². The molecule has 170 valence electrons. The second-order valence-electron chi connectivity index (χ2n) is 7.03. The van der Waals surface area contributed by atoms with Crippen molar-refractivity contribution in [2.24, 2.45) is 0 Å². The van der Waals surface area contributed by atoms with Gasteiger partial charge in [0.25, 0.3) is 0 Å². The standard InChI is InChI=1S/C14H17N3O.C9H8N2O.2CH4/c1-18-14-12-8-4-3-7-11(12)13(15-16-14)17-9-5-2-6-10-17;1-12-9-6-10-7-4-2-3-5-8(7)11-9;;/h3-4,7-8H,2,5-6,9-10H2,1H3;2-6H,1H3;2*1H4. The second-order valence-corrected chi connectivity index (χ2v) is 7.03. The SMILES string of the molecule is C.C.COc1cnc2ccccc2n1.COc1nnc(N2CCCCC2)c2ccccc12. The summed E-state index contributed by atoms with van der Waals surface area (Å²) in [7, 11) is 3.22. The van der Waals surface area contributed by atoms with E-state index in [4.69, 9.17) is 9.47 Å². The average molecular weight is 436 g/mol. The van der Waals surface area contributed by atoms with Crippen LogP contribution in [-0.2, 0) is 0 Å². The number of aromatic nitrogens is 4. The normalized spacial score (nSPS) is 12.8. The van der Waals surface area contributed by atoms with E-state index in [9.17, 15) is 0 Å². The van der Waals surface area contributed by atoms with Gasteiger partial charge in [0.05, 0.1) is 31.4 Å². The summed E-state index contributed by atoms with van der Waals surface area (Å²) in [4.78, 5) is 10.7. The van der Waals surface area contributed by atoms with Gasteiger partial charge in [-0.05, 0) is 37.5 Å². The molecule has 7 nitrogen and oxygen atoms in total. The molecular weight excluding hydrogens is 402 g/mol. The van der Waals surface area contributed by atoms with Crippen LogP contribution in [0.25, 0.3) is 21.8 Å². The Balaban J connectivity index is 0.000000229. The number of rotatable bonds is 3. The van der Waals surface area contributed by atoms with Crippen molar-refractivity contribution in [2.75, 3.05) is 32.2 Å². The molecule has 1 aliphatic heterocycles. The molecule has 1 saturated heterocycles. The van der Waals surface area contributed by atoms with Gasteiger partial charge in [0.1, 0.15) is 0 Å². The molecule has 4 aromatic rings. The van der Waals surface area contributed by atoms with E-state index in [1.165, 1.54) is 19.3 Å². The van der Waals surface area contributed by atoms with Gasteiger partial charge in [-0.3, -0.25) is 0 Å². The van der Waals surface area contributed by atoms with Crippen molar-refractivity contribution in [2.45, 2.75) is 34.1 Å². The van der Waals surface area contributed by atoms with Crippen LogP contribution < -0.4 is 14.4 Å². The highest BCUT2D eigenvalue weighted by Crippen LogP contribution is 2.30. The van der Waals surface area contributed by atoms with Crippen LogP contribution in [0.5, 0.6) is 11.8 Å². The maximum atomic E-state index is 5.28. The van der Waals surface area contributed by atoms with Gasteiger partial charge in [0, 0.05) is 23.9 Å². The number of anilines is 1. The van der Waals surface area contributed by atoms with Crippen molar-refractivity contribution < 1.29 is 9.47 Å². The molecule has 0 amide bonds. The molecule has 1 aliphatic rings. The molecule has 32 heavy (non-hydrogen) atoms. The van der Waals surface area contributed by atoms with E-state index in [1.807, 2.05) is 42.5 Å². The number of piperidine rings is 1. The molecule has 5 rings (SSSR count). The number of hydrogen-bond donors (Lipinski definition) is 0. The fourth-order valence-electron chi connectivity index (χ4n) is 3.59. The molecule has 0 bridgehead atoms. The third-order valence-electron chi connectivity index (χ3n) is 5.12. The van der Waals surface area contributed by atoms with E-state index in [-0.39, 0.29) is 14.9 Å². The molecule has 2 aromatic heterocycles. The predicted octanol–water partition coefficient (Wildman–Crippen LogP) is 5.54. The summed E-state index contributed by atoms with van der Waals surface area (Å²) in [6.45, 7) is 2.15. The molecule has 3 heterocycles. The summed E-state index contributed by atoms with van der Waals surface area (Å²) in [6, 6.07) is 15.9. The molecule has 0 radical (unpaired) electrons. The van der Waals surface area contributed by atoms with Crippen LogP contribution in [0.3, 0.4) is 0 Å². The Hall–Kier alpha value is -3.48. The highest BCUT2D eigenvalue weighted by atomic mass is 16.5. The van der Waals surface area contributed by atoms with Crippen LogP contribution in [0, 0.1) is 0 Å². The summed E-state index contributed by atoms with van der Waals surface area (Å²) in [5, 5.41) is 10.7. The van der Waals surface area contributed by atoms with Crippen molar-refractivity contribution in [3.63, 3.8) is 0 Å². The molecule has 0 N–H and O–H groups in total. The van der Waals surface area contributed by atoms with Gasteiger partial charge in [-0.1, -0.05) is 45.2 Å². The van der Waals surface area contributed by atoms with Crippen molar-refractivity contribution in [1.82, 2.24) is 20.2 Å². The van der Waals surface area contributed by atoms with Gasteiger partial charge < -0.3 is 14.4 Å². The van der Waals surface area contributed by atoms with Crippen molar-refractivity contribution >= 4 is 27.6 Å². The first-order chi connectivity index (χ1) is 14.8. The van der Waals surface area contributed by atoms with Gasteiger partial charge in [-0.2, -0.15) is 0 Å². The Bertz CT molecular complexity index is 1130. The first-order valence-corrected chi connectivity index (χ1v) is 10.1. The van der Waals surface area contributed by atoms with Gasteiger partial charge in [0.2, 0.25) is 11.8 Å². The molecular formula is C25H33N5O2. The van der Waals surface area contributed by atoms with Crippen LogP contribution in [0.1, 0.15) is 34.1 Å². The number of fused-ring (bicyclic) bond motifs is 2. The number of benzene rings is 2. The minimum absolute atomic E-state index is 0. The number of para-hydroxylation sites is 2. The molecule has 1 fully saturated rings. The summed E-state index contributed by atoms with van der Waals surface area (Å²) < 4.78 is 10.2. The topological polar surface area (TPSA) is 73.3 Å². The summed E-state index contributed by atoms with van der Waals surface area (Å²) in [6.07, 6.45) is 5.41. The van der Waals surface area contributed by atoms with E-state index < -0.39 is 0 Å². The number of methoxy groups -OCH3 is 2. The van der Waals surface area contributed by atoms with Crippen LogP contribution in [0.2, 0.25) is 0 Å². The Kier molecular flexibility index (Phi) is 9.13. The molecule has 0 aliphatic carbocycles. The number of hydrogen-bond acceptors (Lipinski definition) is 7. The highest BCUT2D eigenvalue weighted by Gasteiger charge is 2.17. The van der Waals surface area contributed by atoms with Crippen LogP contribution in [0.4, 0.5) is 5.82 Å². The third-order valence-corrected chi connectivity index (χ3v) is 5.12. The Morgan fingerprint density at radius 2 is 1.41 bits per heavy atom. The van der Waals surface area contributed by atoms with Crippen molar-refractivity contribution in [1.29, 1.82) is 0 Å². The average Bonchev–Trinajstić information content (AvgIpc) is 2.84. The van der Waals surface area contributed by atoms with Crippen LogP contribution in [-0.4, -0.2) is 47.5 Å². The lowest BCUT2D eigenvalue weighted by Gasteiger charge is -2.28. The van der Waals surface area contributed by atoms with E-state index >= 15 is 0 Å². The van der Waals surface area contributed by atoms with Crippen LogP contribution >= 0.6 is 0 Å². The molecule has 0 saturated carbocycles. The molecule has 2 aromatic carbocycles. The zero-order valence-corrected chi connectivity index (χ0v) is 17.3. The zero-order chi connectivity index (χ0) is 20.8. The number of ether oxygens (including phenoxy) is 2. The largest absolute Gasteiger partial charge is 0.480 e. The summed E-state index contributed by atoms with van der Waals surface area (Å²) >= 11 is 0. The first-order valence-electron chi connectivity index (χ1n) is 10.1. The lowest BCUT2D eigenvalue weighted by molar-refractivity contribution is 0.397. The minimum Gasteiger partial charge on any atom is -0.480 e. The fraction of sp³-hybridized carbons (Fsp3) is 0.360. The summed E-state index contributed by atoms with van der Waals surface area (Å²) in [5.74, 6) is 2.14. The smallest absolute Gasteiger partial charge is 0.241 e. The third kappa shape index (κ3) is 5.41. The van der Waals surface area contributed by atoms with Crippen molar-refractivity contribution in [3.05, 3.63) is 54.7 Å². The fourth-order valence-corrected chi connectivity index (χ4v) is 3.59. The Labute approximate surface area is 190 Å². The monoisotopic (exact) mass is 435 g/mol. The highest BCUT2D eigenvalue weighted by molar-refractivity contribution is 5.95. The van der Waals surface area contributed by atoms with E-state index in [0.717, 1.165) is 40.7 Å². The maximum Gasteiger partial charge on any atom is 0.241 e. The quantitative estimate of drug-likeness (QED) is 0.418. The zero-order valence-electron chi connectivity index (χ0n) is 17.3. The van der Waals surface area contributed by atoms with Crippen LogP contribution in [0.15, 0.2) is 54.7 Å². The van der Waals surface area contributed by atoms with E-state index in [1.54, 1.807) is 20.4 Å². The summed E-state index contributed by atoms with van der Waals surface area (Å²) in [5.41, 5.74) is 1.75. The van der Waals surface area contributed by atoms with Crippen molar-refractivity contribution in [3.8, 4) is 11.8 Å². The maximum absolute atomic E-state index is 5.28. The van der Waals surface area contributed by atoms with Gasteiger partial charge in [0.15, 0.2) is 5.82 Å². The molecule has 0 unspecified atom stereocenters.